The maximum atomic E-state index is 13.3. The van der Waals surface area contributed by atoms with Crippen LogP contribution in [-0.4, -0.2) is 27.3 Å². The Labute approximate surface area is 180 Å². The van der Waals surface area contributed by atoms with Crippen molar-refractivity contribution in [2.75, 3.05) is 11.4 Å². The quantitative estimate of drug-likeness (QED) is 0.418. The van der Waals surface area contributed by atoms with Crippen LogP contribution in [0.1, 0.15) is 33.2 Å². The number of amides is 1. The molecule has 0 fully saturated rings. The molecule has 1 amide bonds. The van der Waals surface area contributed by atoms with Crippen LogP contribution < -0.4 is 10.5 Å². The van der Waals surface area contributed by atoms with Gasteiger partial charge in [0.25, 0.3) is 5.56 Å². The van der Waals surface area contributed by atoms with Crippen molar-refractivity contribution >= 4 is 34.3 Å². The molecule has 3 rings (SSSR count). The minimum atomic E-state index is -0.484. The van der Waals surface area contributed by atoms with Gasteiger partial charge in [0.05, 0.1) is 28.6 Å². The molecule has 0 spiro atoms. The van der Waals surface area contributed by atoms with Crippen LogP contribution in [0.4, 0.5) is 5.69 Å². The van der Waals surface area contributed by atoms with Gasteiger partial charge in [0.2, 0.25) is 5.91 Å². The lowest BCUT2D eigenvalue weighted by Gasteiger charge is -2.25. The molecular weight excluding hydrogens is 396 g/mol. The van der Waals surface area contributed by atoms with E-state index in [0.717, 1.165) is 5.69 Å². The third-order valence-electron chi connectivity index (χ3n) is 4.70. The molecule has 1 heterocycles. The van der Waals surface area contributed by atoms with Crippen molar-refractivity contribution < 1.29 is 4.79 Å². The van der Waals surface area contributed by atoms with E-state index in [0.29, 0.717) is 22.6 Å². The van der Waals surface area contributed by atoms with Gasteiger partial charge in [-0.3, -0.25) is 14.2 Å². The fourth-order valence-electron chi connectivity index (χ4n) is 3.23. The smallest absolute Gasteiger partial charge is 0.262 e. The molecule has 0 aliphatic heterocycles. The molecule has 6 nitrogen and oxygen atoms in total. The molecule has 0 bridgehead atoms. The van der Waals surface area contributed by atoms with Crippen molar-refractivity contribution in [2.24, 2.45) is 0 Å². The second kappa shape index (κ2) is 9.59. The first-order valence-corrected chi connectivity index (χ1v) is 10.7. The lowest BCUT2D eigenvalue weighted by atomic mass is 10.2. The molecule has 0 aliphatic carbocycles. The van der Waals surface area contributed by atoms with E-state index in [9.17, 15) is 9.59 Å². The number of hydrogen-bond acceptors (Lipinski definition) is 5. The molecule has 0 N–H and O–H groups in total. The summed E-state index contributed by atoms with van der Waals surface area (Å²) >= 11 is 1.27. The summed E-state index contributed by atoms with van der Waals surface area (Å²) in [4.78, 5) is 32.6. The van der Waals surface area contributed by atoms with Gasteiger partial charge in [0.1, 0.15) is 0 Å². The number of para-hydroxylation sites is 2. The van der Waals surface area contributed by atoms with Gasteiger partial charge in [-0.1, -0.05) is 42.1 Å². The minimum absolute atomic E-state index is 0.0942. The first-order valence-electron chi connectivity index (χ1n) is 9.85. The first kappa shape index (κ1) is 21.6. The Hall–Kier alpha value is -3.11. The van der Waals surface area contributed by atoms with Crippen LogP contribution in [0, 0.1) is 11.3 Å². The van der Waals surface area contributed by atoms with Gasteiger partial charge in [-0.25, -0.2) is 4.98 Å². The molecule has 0 saturated carbocycles. The zero-order chi connectivity index (χ0) is 21.7. The van der Waals surface area contributed by atoms with Gasteiger partial charge in [-0.05, 0) is 45.0 Å². The highest BCUT2D eigenvalue weighted by molar-refractivity contribution is 8.00. The molecule has 7 heteroatoms. The highest BCUT2D eigenvalue weighted by atomic mass is 32.2. The topological polar surface area (TPSA) is 79.0 Å². The monoisotopic (exact) mass is 420 g/mol. The van der Waals surface area contributed by atoms with E-state index in [1.54, 1.807) is 28.5 Å². The fraction of sp³-hybridized carbons (Fsp3) is 0.304. The number of hydrogen-bond donors (Lipinski definition) is 0. The Morgan fingerprint density at radius 1 is 1.13 bits per heavy atom. The standard InChI is InChI=1S/C23H24N4O2S/c1-16(2)27-22(29)19-12-7-8-13-20(19)25-23(27)30-17(3)21(28)26(15-9-14-24)18-10-5-4-6-11-18/h4-8,10-13,16-17H,9,15H2,1-3H3. The van der Waals surface area contributed by atoms with E-state index in [1.807, 2.05) is 56.3 Å². The first-order chi connectivity index (χ1) is 14.4. The number of fused-ring (bicyclic) bond motifs is 1. The van der Waals surface area contributed by atoms with E-state index >= 15 is 0 Å². The molecule has 30 heavy (non-hydrogen) atoms. The molecule has 1 unspecified atom stereocenters. The highest BCUT2D eigenvalue weighted by Gasteiger charge is 2.25. The van der Waals surface area contributed by atoms with E-state index < -0.39 is 5.25 Å². The molecule has 154 valence electrons. The Morgan fingerprint density at radius 2 is 1.80 bits per heavy atom. The van der Waals surface area contributed by atoms with E-state index in [-0.39, 0.29) is 23.9 Å². The predicted molar refractivity (Wildman–Crippen MR) is 121 cm³/mol. The zero-order valence-electron chi connectivity index (χ0n) is 17.3. The van der Waals surface area contributed by atoms with E-state index in [4.69, 9.17) is 5.26 Å². The second-order valence-corrected chi connectivity index (χ2v) is 8.48. The number of carbonyl (C=O) groups is 1. The maximum absolute atomic E-state index is 13.3. The van der Waals surface area contributed by atoms with Crippen molar-refractivity contribution in [3.8, 4) is 6.07 Å². The predicted octanol–water partition coefficient (Wildman–Crippen LogP) is 4.40. The molecule has 1 aromatic heterocycles. The third-order valence-corrected chi connectivity index (χ3v) is 5.76. The molecule has 1 atom stereocenters. The Morgan fingerprint density at radius 3 is 2.47 bits per heavy atom. The Kier molecular flexibility index (Phi) is 6.91. The van der Waals surface area contributed by atoms with Crippen LogP contribution in [0.25, 0.3) is 10.9 Å². The van der Waals surface area contributed by atoms with E-state index in [1.165, 1.54) is 11.8 Å². The summed E-state index contributed by atoms with van der Waals surface area (Å²) in [5, 5.41) is 9.60. The van der Waals surface area contributed by atoms with Crippen LogP contribution >= 0.6 is 11.8 Å². The summed E-state index contributed by atoms with van der Waals surface area (Å²) in [5.41, 5.74) is 1.26. The largest absolute Gasteiger partial charge is 0.310 e. The summed E-state index contributed by atoms with van der Waals surface area (Å²) < 4.78 is 1.64. The normalized spacial score (nSPS) is 12.0. The van der Waals surface area contributed by atoms with Gasteiger partial charge < -0.3 is 4.90 Å². The van der Waals surface area contributed by atoms with Gasteiger partial charge >= 0.3 is 0 Å². The summed E-state index contributed by atoms with van der Waals surface area (Å²) in [6, 6.07) is 18.6. The van der Waals surface area contributed by atoms with Crippen molar-refractivity contribution in [1.29, 1.82) is 5.26 Å². The van der Waals surface area contributed by atoms with Gasteiger partial charge in [-0.2, -0.15) is 5.26 Å². The van der Waals surface area contributed by atoms with Crippen molar-refractivity contribution in [3.05, 3.63) is 65.0 Å². The number of benzene rings is 2. The average Bonchev–Trinajstić information content (AvgIpc) is 2.74. The number of rotatable bonds is 7. The van der Waals surface area contributed by atoms with Crippen LogP contribution in [0.3, 0.4) is 0 Å². The number of thioether (sulfide) groups is 1. The lowest BCUT2D eigenvalue weighted by Crippen LogP contribution is -2.38. The van der Waals surface area contributed by atoms with E-state index in [2.05, 4.69) is 11.1 Å². The van der Waals surface area contributed by atoms with Gasteiger partial charge in [-0.15, -0.1) is 0 Å². The second-order valence-electron chi connectivity index (χ2n) is 7.17. The summed E-state index contributed by atoms with van der Waals surface area (Å²) in [6.07, 6.45) is 0.239. The lowest BCUT2D eigenvalue weighted by molar-refractivity contribution is -0.117. The van der Waals surface area contributed by atoms with Gasteiger partial charge in [0, 0.05) is 18.3 Å². The number of nitrogens with zero attached hydrogens (tertiary/aromatic N) is 4. The van der Waals surface area contributed by atoms with Crippen LogP contribution in [0.15, 0.2) is 64.5 Å². The molecular formula is C23H24N4O2S. The summed E-state index contributed by atoms with van der Waals surface area (Å²) in [7, 11) is 0. The van der Waals surface area contributed by atoms with Crippen molar-refractivity contribution in [3.63, 3.8) is 0 Å². The molecule has 0 aliphatic rings. The number of anilines is 1. The summed E-state index contributed by atoms with van der Waals surface area (Å²) in [6.45, 7) is 5.98. The Bertz CT molecular complexity index is 1140. The SMILES string of the molecule is CC(Sc1nc2ccccc2c(=O)n1C(C)C)C(=O)N(CCC#N)c1ccccc1. The number of aromatic nitrogens is 2. The van der Waals surface area contributed by atoms with Crippen LogP contribution in [-0.2, 0) is 4.79 Å². The Balaban J connectivity index is 1.96. The average molecular weight is 421 g/mol. The minimum Gasteiger partial charge on any atom is -0.310 e. The van der Waals surface area contributed by atoms with Crippen molar-refractivity contribution in [2.45, 2.75) is 43.6 Å². The number of nitriles is 1. The fourth-order valence-corrected chi connectivity index (χ4v) is 4.33. The van der Waals surface area contributed by atoms with Crippen molar-refractivity contribution in [1.82, 2.24) is 9.55 Å². The number of carbonyl (C=O) groups excluding carboxylic acids is 1. The maximum Gasteiger partial charge on any atom is 0.262 e. The molecule has 0 radical (unpaired) electrons. The third kappa shape index (κ3) is 4.55. The zero-order valence-corrected chi connectivity index (χ0v) is 18.1. The van der Waals surface area contributed by atoms with Crippen LogP contribution in [0.5, 0.6) is 0 Å². The molecule has 0 saturated heterocycles. The van der Waals surface area contributed by atoms with Crippen LogP contribution in [0.2, 0.25) is 0 Å². The molecule has 2 aromatic carbocycles. The summed E-state index contributed by atoms with van der Waals surface area (Å²) in [5.74, 6) is -0.126. The molecule has 3 aromatic rings. The highest BCUT2D eigenvalue weighted by Crippen LogP contribution is 2.27. The van der Waals surface area contributed by atoms with Gasteiger partial charge in [0.15, 0.2) is 5.16 Å².